The fourth-order valence-electron chi connectivity index (χ4n) is 1.87. The molecule has 0 atom stereocenters. The summed E-state index contributed by atoms with van der Waals surface area (Å²) in [5.74, 6) is -0.0897. The van der Waals surface area contributed by atoms with Gasteiger partial charge in [0.1, 0.15) is 5.82 Å². The average Bonchev–Trinajstić information content (AvgIpc) is 2.61. The van der Waals surface area contributed by atoms with Gasteiger partial charge in [-0.1, -0.05) is 23.4 Å². The number of thioether (sulfide) groups is 1. The molecule has 11 heteroatoms. The highest BCUT2D eigenvalue weighted by atomic mass is 35.5. The summed E-state index contributed by atoms with van der Waals surface area (Å²) in [5, 5.41) is 6.16. The summed E-state index contributed by atoms with van der Waals surface area (Å²) in [6.45, 7) is 0.758. The van der Waals surface area contributed by atoms with Crippen molar-refractivity contribution in [1.82, 2.24) is 20.3 Å². The number of carbonyl (C=O) groups is 1. The summed E-state index contributed by atoms with van der Waals surface area (Å²) >= 11 is 7.21. The molecular weight excluding hydrogens is 391 g/mol. The Kier molecular flexibility index (Phi) is 7.04. The largest absolute Gasteiger partial charge is 0.417 e. The molecule has 0 aromatic carbocycles. The molecule has 2 aromatic rings. The van der Waals surface area contributed by atoms with E-state index >= 15 is 0 Å². The fourth-order valence-corrected chi connectivity index (χ4v) is 2.38. The molecule has 6 nitrogen and oxygen atoms in total. The van der Waals surface area contributed by atoms with E-state index in [9.17, 15) is 18.0 Å². The monoisotopic (exact) mass is 405 g/mol. The second-order valence-electron chi connectivity index (χ2n) is 5.02. The molecule has 0 saturated heterocycles. The standard InChI is InChI=1S/C15H15ClF3N5OS/c1-26-14-23-8-10(16)12(24-14)13(25)21-6-2-5-20-11-4-3-9(7-22-11)15(17,18)19/h3-4,7-8H,2,5-6H2,1H3,(H,20,22)(H,21,25). The van der Waals surface area contributed by atoms with E-state index in [1.165, 1.54) is 24.0 Å². The van der Waals surface area contributed by atoms with E-state index in [-0.39, 0.29) is 10.7 Å². The number of hydrogen-bond donors (Lipinski definition) is 2. The van der Waals surface area contributed by atoms with Gasteiger partial charge in [-0.05, 0) is 24.8 Å². The molecular formula is C15H15ClF3N5OS. The number of alkyl halides is 3. The van der Waals surface area contributed by atoms with E-state index in [4.69, 9.17) is 11.6 Å². The summed E-state index contributed by atoms with van der Waals surface area (Å²) in [5.41, 5.74) is -0.704. The van der Waals surface area contributed by atoms with Crippen molar-refractivity contribution in [2.45, 2.75) is 17.8 Å². The van der Waals surface area contributed by atoms with Crippen molar-refractivity contribution in [2.75, 3.05) is 24.7 Å². The highest BCUT2D eigenvalue weighted by Crippen LogP contribution is 2.28. The number of nitrogens with zero attached hydrogens (tertiary/aromatic N) is 3. The summed E-state index contributed by atoms with van der Waals surface area (Å²) in [6.07, 6.45) is 0.0459. The Bertz CT molecular complexity index is 758. The minimum atomic E-state index is -4.41. The number of halogens is 4. The van der Waals surface area contributed by atoms with Gasteiger partial charge in [-0.25, -0.2) is 15.0 Å². The van der Waals surface area contributed by atoms with E-state index in [0.29, 0.717) is 30.5 Å². The van der Waals surface area contributed by atoms with Crippen LogP contribution < -0.4 is 10.6 Å². The van der Waals surface area contributed by atoms with Gasteiger partial charge in [0.2, 0.25) is 0 Å². The van der Waals surface area contributed by atoms with Crippen LogP contribution in [0.25, 0.3) is 0 Å². The zero-order valence-corrected chi connectivity index (χ0v) is 15.2. The number of aromatic nitrogens is 3. The first kappa shape index (κ1) is 20.2. The molecule has 1 amide bonds. The average molecular weight is 406 g/mol. The van der Waals surface area contributed by atoms with Crippen LogP contribution in [0.5, 0.6) is 0 Å². The number of amides is 1. The van der Waals surface area contributed by atoms with Gasteiger partial charge in [0, 0.05) is 19.3 Å². The quantitative estimate of drug-likeness (QED) is 0.417. The molecule has 2 heterocycles. The van der Waals surface area contributed by atoms with Crippen LogP contribution in [-0.2, 0) is 6.18 Å². The van der Waals surface area contributed by atoms with E-state index in [2.05, 4.69) is 25.6 Å². The highest BCUT2D eigenvalue weighted by molar-refractivity contribution is 7.98. The van der Waals surface area contributed by atoms with Gasteiger partial charge in [-0.2, -0.15) is 13.2 Å². The third kappa shape index (κ3) is 5.73. The van der Waals surface area contributed by atoms with Crippen LogP contribution in [0.2, 0.25) is 5.02 Å². The zero-order chi connectivity index (χ0) is 19.2. The first-order valence-electron chi connectivity index (χ1n) is 7.43. The van der Waals surface area contributed by atoms with Gasteiger partial charge in [-0.3, -0.25) is 4.79 Å². The molecule has 26 heavy (non-hydrogen) atoms. The maximum atomic E-state index is 12.4. The van der Waals surface area contributed by atoms with Crippen LogP contribution >= 0.6 is 23.4 Å². The van der Waals surface area contributed by atoms with Crippen molar-refractivity contribution >= 4 is 35.1 Å². The Morgan fingerprint density at radius 1 is 1.23 bits per heavy atom. The SMILES string of the molecule is CSc1ncc(Cl)c(C(=O)NCCCNc2ccc(C(F)(F)F)cn2)n1. The number of carbonyl (C=O) groups excluding carboxylic acids is 1. The molecule has 2 rings (SSSR count). The summed E-state index contributed by atoms with van der Waals surface area (Å²) in [6, 6.07) is 2.21. The predicted molar refractivity (Wildman–Crippen MR) is 93.5 cm³/mol. The highest BCUT2D eigenvalue weighted by Gasteiger charge is 2.30. The predicted octanol–water partition coefficient (Wildman–Crippen LogP) is 3.50. The summed E-state index contributed by atoms with van der Waals surface area (Å²) in [7, 11) is 0. The molecule has 0 saturated carbocycles. The number of nitrogens with one attached hydrogen (secondary N) is 2. The second kappa shape index (κ2) is 9.04. The van der Waals surface area contributed by atoms with Crippen LogP contribution in [-0.4, -0.2) is 40.2 Å². The van der Waals surface area contributed by atoms with E-state index in [1.54, 1.807) is 6.26 Å². The molecule has 2 N–H and O–H groups in total. The van der Waals surface area contributed by atoms with E-state index < -0.39 is 17.6 Å². The molecule has 140 valence electrons. The van der Waals surface area contributed by atoms with Gasteiger partial charge >= 0.3 is 6.18 Å². The lowest BCUT2D eigenvalue weighted by atomic mass is 10.3. The smallest absolute Gasteiger partial charge is 0.370 e. The Hall–Kier alpha value is -2.07. The Morgan fingerprint density at radius 2 is 2.00 bits per heavy atom. The first-order chi connectivity index (χ1) is 12.3. The lowest BCUT2D eigenvalue weighted by Gasteiger charge is -2.09. The molecule has 0 spiro atoms. The molecule has 0 fully saturated rings. The van der Waals surface area contributed by atoms with Crippen molar-refractivity contribution in [2.24, 2.45) is 0 Å². The van der Waals surface area contributed by atoms with Gasteiger partial charge in [0.25, 0.3) is 5.91 Å². The van der Waals surface area contributed by atoms with Crippen molar-refractivity contribution < 1.29 is 18.0 Å². The normalized spacial score (nSPS) is 11.3. The van der Waals surface area contributed by atoms with Gasteiger partial charge in [0.15, 0.2) is 10.9 Å². The molecule has 2 aromatic heterocycles. The molecule has 0 bridgehead atoms. The van der Waals surface area contributed by atoms with Crippen LogP contribution in [0.3, 0.4) is 0 Å². The molecule has 0 aliphatic carbocycles. The van der Waals surface area contributed by atoms with Crippen LogP contribution in [0.1, 0.15) is 22.5 Å². The van der Waals surface area contributed by atoms with E-state index in [1.807, 2.05) is 0 Å². The van der Waals surface area contributed by atoms with Crippen molar-refractivity contribution in [3.8, 4) is 0 Å². The molecule has 0 aliphatic heterocycles. The van der Waals surface area contributed by atoms with Gasteiger partial charge in [-0.15, -0.1) is 0 Å². The maximum Gasteiger partial charge on any atom is 0.417 e. The van der Waals surface area contributed by atoms with Crippen LogP contribution in [0.4, 0.5) is 19.0 Å². The van der Waals surface area contributed by atoms with Crippen LogP contribution in [0.15, 0.2) is 29.7 Å². The van der Waals surface area contributed by atoms with Crippen molar-refractivity contribution in [3.05, 3.63) is 40.8 Å². The maximum absolute atomic E-state index is 12.4. The second-order valence-corrected chi connectivity index (χ2v) is 6.20. The summed E-state index contributed by atoms with van der Waals surface area (Å²) < 4.78 is 37.3. The third-order valence-corrected chi connectivity index (χ3v) is 3.99. The number of pyridine rings is 1. The fraction of sp³-hybridized carbons (Fsp3) is 0.333. The van der Waals surface area contributed by atoms with Gasteiger partial charge in [0.05, 0.1) is 16.8 Å². The number of anilines is 1. The molecule has 0 aliphatic rings. The number of hydrogen-bond acceptors (Lipinski definition) is 6. The lowest BCUT2D eigenvalue weighted by molar-refractivity contribution is -0.137. The van der Waals surface area contributed by atoms with Gasteiger partial charge < -0.3 is 10.6 Å². The zero-order valence-electron chi connectivity index (χ0n) is 13.6. The Balaban J connectivity index is 1.76. The minimum Gasteiger partial charge on any atom is -0.370 e. The third-order valence-electron chi connectivity index (χ3n) is 3.16. The van der Waals surface area contributed by atoms with E-state index in [0.717, 1.165) is 12.3 Å². The number of rotatable bonds is 7. The van der Waals surface area contributed by atoms with Crippen LogP contribution in [0, 0.1) is 0 Å². The topological polar surface area (TPSA) is 79.8 Å². The molecule has 0 radical (unpaired) electrons. The lowest BCUT2D eigenvalue weighted by Crippen LogP contribution is -2.27. The van der Waals surface area contributed by atoms with Crippen molar-refractivity contribution in [1.29, 1.82) is 0 Å². The first-order valence-corrected chi connectivity index (χ1v) is 9.03. The molecule has 0 unspecified atom stereocenters. The Morgan fingerprint density at radius 3 is 2.62 bits per heavy atom. The van der Waals surface area contributed by atoms with Crippen molar-refractivity contribution in [3.63, 3.8) is 0 Å². The minimum absolute atomic E-state index is 0.100. The Labute approximate surface area is 157 Å². The summed E-state index contributed by atoms with van der Waals surface area (Å²) in [4.78, 5) is 23.8.